The Bertz CT molecular complexity index is 599. The van der Waals surface area contributed by atoms with E-state index < -0.39 is 11.2 Å². The predicted molar refractivity (Wildman–Crippen MR) is 82.5 cm³/mol. The second-order valence-corrected chi connectivity index (χ2v) is 5.84. The van der Waals surface area contributed by atoms with E-state index in [0.29, 0.717) is 13.1 Å². The van der Waals surface area contributed by atoms with Crippen LogP contribution in [0.25, 0.3) is 0 Å². The summed E-state index contributed by atoms with van der Waals surface area (Å²) in [5, 5.41) is 12.7. The minimum atomic E-state index is -0.508. The van der Waals surface area contributed by atoms with Crippen LogP contribution in [0.2, 0.25) is 0 Å². The Morgan fingerprint density at radius 2 is 2.00 bits per heavy atom. The molecule has 7 heteroatoms. The lowest BCUT2D eigenvalue weighted by molar-refractivity contribution is 0.0944. The summed E-state index contributed by atoms with van der Waals surface area (Å²) < 4.78 is 1.32. The van der Waals surface area contributed by atoms with Crippen molar-refractivity contribution in [2.75, 3.05) is 24.2 Å². The second kappa shape index (κ2) is 6.34. The zero-order valence-corrected chi connectivity index (χ0v) is 12.4. The van der Waals surface area contributed by atoms with E-state index in [-0.39, 0.29) is 23.5 Å². The van der Waals surface area contributed by atoms with E-state index in [1.807, 2.05) is 0 Å². The molecule has 0 unspecified atom stereocenters. The molecule has 1 aliphatic carbocycles. The van der Waals surface area contributed by atoms with Gasteiger partial charge in [0.2, 0.25) is 0 Å². The molecule has 1 fully saturated rings. The molecular formula is C14H24N4O3. The van der Waals surface area contributed by atoms with E-state index in [0.717, 1.165) is 25.7 Å². The quantitative estimate of drug-likeness (QED) is 0.631. The van der Waals surface area contributed by atoms with E-state index in [2.05, 4.69) is 10.3 Å². The molecule has 7 nitrogen and oxygen atoms in total. The van der Waals surface area contributed by atoms with Crippen LogP contribution in [-0.4, -0.2) is 27.8 Å². The van der Waals surface area contributed by atoms with Gasteiger partial charge in [0, 0.05) is 18.5 Å². The van der Waals surface area contributed by atoms with Crippen molar-refractivity contribution in [3.05, 3.63) is 20.8 Å². The minimum Gasteiger partial charge on any atom is -0.396 e. The maximum atomic E-state index is 11.9. The highest BCUT2D eigenvalue weighted by Crippen LogP contribution is 2.36. The van der Waals surface area contributed by atoms with Crippen LogP contribution in [0.1, 0.15) is 39.0 Å². The average Bonchev–Trinajstić information content (AvgIpc) is 2.48. The van der Waals surface area contributed by atoms with Crippen molar-refractivity contribution in [2.45, 2.75) is 45.6 Å². The van der Waals surface area contributed by atoms with Gasteiger partial charge < -0.3 is 16.2 Å². The summed E-state index contributed by atoms with van der Waals surface area (Å²) in [5.74, 6) is 0.148. The Morgan fingerprint density at radius 3 is 2.57 bits per heavy atom. The summed E-state index contributed by atoms with van der Waals surface area (Å²) in [6.07, 6.45) is 5.22. The van der Waals surface area contributed by atoms with Crippen molar-refractivity contribution >= 4 is 11.5 Å². The Hall–Kier alpha value is -1.76. The lowest BCUT2D eigenvalue weighted by atomic mass is 9.74. The highest BCUT2D eigenvalue weighted by molar-refractivity contribution is 5.60. The van der Waals surface area contributed by atoms with Gasteiger partial charge in [-0.2, -0.15) is 0 Å². The molecule has 1 aliphatic rings. The van der Waals surface area contributed by atoms with E-state index in [1.54, 1.807) is 6.92 Å². The summed E-state index contributed by atoms with van der Waals surface area (Å²) in [6, 6.07) is 0. The van der Waals surface area contributed by atoms with E-state index in [1.165, 1.54) is 11.0 Å². The number of nitrogens with one attached hydrogen (secondary N) is 2. The standard InChI is InChI=1S/C14H24N4O3/c1-2-18-11(15)10(12(20)17-13(18)21)16-8-14(9-19)6-4-3-5-7-14/h16,19H,2-9,15H2,1H3,(H,17,20,21). The van der Waals surface area contributed by atoms with Crippen molar-refractivity contribution in [1.29, 1.82) is 0 Å². The van der Waals surface area contributed by atoms with Crippen LogP contribution in [0.5, 0.6) is 0 Å². The molecule has 0 amide bonds. The number of aliphatic hydroxyl groups is 1. The summed E-state index contributed by atoms with van der Waals surface area (Å²) in [6.45, 7) is 2.75. The van der Waals surface area contributed by atoms with Crippen LogP contribution in [0.4, 0.5) is 11.5 Å². The number of aromatic nitrogens is 2. The van der Waals surface area contributed by atoms with E-state index >= 15 is 0 Å². The van der Waals surface area contributed by atoms with Crippen LogP contribution in [0, 0.1) is 5.41 Å². The Kier molecular flexibility index (Phi) is 4.72. The van der Waals surface area contributed by atoms with Gasteiger partial charge in [-0.15, -0.1) is 0 Å². The first-order chi connectivity index (χ1) is 10.0. The Morgan fingerprint density at radius 1 is 1.33 bits per heavy atom. The first kappa shape index (κ1) is 15.6. The number of anilines is 2. The number of nitrogens with two attached hydrogens (primary N) is 1. The van der Waals surface area contributed by atoms with Crippen molar-refractivity contribution < 1.29 is 5.11 Å². The molecule has 0 aliphatic heterocycles. The molecule has 0 atom stereocenters. The van der Waals surface area contributed by atoms with Gasteiger partial charge in [-0.05, 0) is 19.8 Å². The average molecular weight is 296 g/mol. The predicted octanol–water partition coefficient (Wildman–Crippen LogP) is 0.493. The lowest BCUT2D eigenvalue weighted by Crippen LogP contribution is -2.39. The van der Waals surface area contributed by atoms with Gasteiger partial charge in [-0.25, -0.2) is 4.79 Å². The molecule has 1 saturated carbocycles. The number of aliphatic hydroxyl groups excluding tert-OH is 1. The molecule has 0 bridgehead atoms. The molecule has 0 radical (unpaired) electrons. The van der Waals surface area contributed by atoms with Crippen molar-refractivity contribution in [3.8, 4) is 0 Å². The highest BCUT2D eigenvalue weighted by Gasteiger charge is 2.31. The minimum absolute atomic E-state index is 0.0885. The first-order valence-electron chi connectivity index (χ1n) is 7.50. The number of nitrogens with zero attached hydrogens (tertiary/aromatic N) is 1. The van der Waals surface area contributed by atoms with Gasteiger partial charge in [-0.3, -0.25) is 14.3 Å². The molecule has 2 rings (SSSR count). The molecule has 118 valence electrons. The van der Waals surface area contributed by atoms with Gasteiger partial charge in [0.25, 0.3) is 5.56 Å². The fraction of sp³-hybridized carbons (Fsp3) is 0.714. The third kappa shape index (κ3) is 3.12. The molecular weight excluding hydrogens is 272 g/mol. The largest absolute Gasteiger partial charge is 0.396 e. The zero-order chi connectivity index (χ0) is 15.5. The molecule has 1 aromatic heterocycles. The van der Waals surface area contributed by atoms with Gasteiger partial charge in [0.05, 0.1) is 6.61 Å². The molecule has 1 aromatic rings. The smallest absolute Gasteiger partial charge is 0.330 e. The lowest BCUT2D eigenvalue weighted by Gasteiger charge is -2.36. The van der Waals surface area contributed by atoms with Crippen molar-refractivity contribution in [3.63, 3.8) is 0 Å². The molecule has 0 aromatic carbocycles. The van der Waals surface area contributed by atoms with Gasteiger partial charge in [0.1, 0.15) is 11.5 Å². The first-order valence-corrected chi connectivity index (χ1v) is 7.50. The number of rotatable bonds is 5. The van der Waals surface area contributed by atoms with Gasteiger partial charge >= 0.3 is 5.69 Å². The van der Waals surface area contributed by atoms with E-state index in [9.17, 15) is 14.7 Å². The molecule has 0 spiro atoms. The fourth-order valence-corrected chi connectivity index (χ4v) is 3.04. The maximum absolute atomic E-state index is 11.9. The van der Waals surface area contributed by atoms with Crippen LogP contribution in [0.15, 0.2) is 9.59 Å². The third-order valence-electron chi connectivity index (χ3n) is 4.45. The third-order valence-corrected chi connectivity index (χ3v) is 4.45. The molecule has 0 saturated heterocycles. The number of H-pyrrole nitrogens is 1. The number of aromatic amines is 1. The van der Waals surface area contributed by atoms with Gasteiger partial charge in [-0.1, -0.05) is 19.3 Å². The van der Waals surface area contributed by atoms with Gasteiger partial charge in [0.15, 0.2) is 0 Å². The van der Waals surface area contributed by atoms with Crippen molar-refractivity contribution in [2.24, 2.45) is 5.41 Å². The Balaban J connectivity index is 2.23. The summed E-state index contributed by atoms with van der Waals surface area (Å²) in [4.78, 5) is 25.8. The van der Waals surface area contributed by atoms with Crippen LogP contribution >= 0.6 is 0 Å². The second-order valence-electron chi connectivity index (χ2n) is 5.84. The summed E-state index contributed by atoms with van der Waals surface area (Å²) in [7, 11) is 0. The highest BCUT2D eigenvalue weighted by atomic mass is 16.3. The topological polar surface area (TPSA) is 113 Å². The number of hydrogen-bond donors (Lipinski definition) is 4. The van der Waals surface area contributed by atoms with Crippen LogP contribution in [0.3, 0.4) is 0 Å². The van der Waals surface area contributed by atoms with Crippen LogP contribution < -0.4 is 22.3 Å². The normalized spacial score (nSPS) is 17.6. The maximum Gasteiger partial charge on any atom is 0.330 e. The summed E-state index contributed by atoms with van der Waals surface area (Å²) >= 11 is 0. The molecule has 5 N–H and O–H groups in total. The number of hydrogen-bond acceptors (Lipinski definition) is 5. The SMILES string of the molecule is CCn1c(N)c(NCC2(CO)CCCCC2)c(=O)[nH]c1=O. The zero-order valence-electron chi connectivity index (χ0n) is 12.4. The van der Waals surface area contributed by atoms with Crippen LogP contribution in [-0.2, 0) is 6.54 Å². The monoisotopic (exact) mass is 296 g/mol. The fourth-order valence-electron chi connectivity index (χ4n) is 3.04. The summed E-state index contributed by atoms with van der Waals surface area (Å²) in [5.41, 5.74) is 4.92. The van der Waals surface area contributed by atoms with Crippen molar-refractivity contribution in [1.82, 2.24) is 9.55 Å². The Labute approximate surface area is 123 Å². The van der Waals surface area contributed by atoms with E-state index in [4.69, 9.17) is 5.73 Å². The molecule has 1 heterocycles. The number of nitrogen functional groups attached to an aromatic ring is 1. The molecule has 21 heavy (non-hydrogen) atoms.